The van der Waals surface area contributed by atoms with Gasteiger partial charge in [-0.15, -0.1) is 0 Å². The number of aryl methyl sites for hydroxylation is 1. The number of anilines is 3. The predicted octanol–water partition coefficient (Wildman–Crippen LogP) is 4.69. The molecule has 0 aliphatic heterocycles. The third-order valence-corrected chi connectivity index (χ3v) is 5.42. The minimum atomic E-state index is 0.503. The SMILES string of the molecule is CCOc1cc(-c2cn[nH]c2C)ccc1Nc1ncc2ccnc(NCC3CC3)c2n1. The summed E-state index contributed by atoms with van der Waals surface area (Å²) in [5, 5.41) is 14.8. The number of nitrogens with one attached hydrogen (secondary N) is 3. The summed E-state index contributed by atoms with van der Waals surface area (Å²) in [6.07, 6.45) is 8.00. The second kappa shape index (κ2) is 8.22. The first-order valence-corrected chi connectivity index (χ1v) is 10.6. The number of fused-ring (bicyclic) bond motifs is 1. The van der Waals surface area contributed by atoms with E-state index in [1.807, 2.05) is 50.5 Å². The van der Waals surface area contributed by atoms with E-state index in [2.05, 4.69) is 30.8 Å². The lowest BCUT2D eigenvalue weighted by Crippen LogP contribution is -2.07. The largest absolute Gasteiger partial charge is 0.492 e. The van der Waals surface area contributed by atoms with E-state index in [9.17, 15) is 0 Å². The summed E-state index contributed by atoms with van der Waals surface area (Å²) in [4.78, 5) is 13.7. The van der Waals surface area contributed by atoms with Gasteiger partial charge in [-0.3, -0.25) is 5.10 Å². The van der Waals surface area contributed by atoms with Crippen molar-refractivity contribution in [2.75, 3.05) is 23.8 Å². The molecule has 1 fully saturated rings. The fourth-order valence-electron chi connectivity index (χ4n) is 3.54. The Balaban J connectivity index is 1.45. The molecular formula is C23H25N7O. The Kier molecular flexibility index (Phi) is 5.11. The molecule has 4 aromatic rings. The molecule has 31 heavy (non-hydrogen) atoms. The van der Waals surface area contributed by atoms with Gasteiger partial charge < -0.3 is 15.4 Å². The Bertz CT molecular complexity index is 1220. The average molecular weight is 416 g/mol. The van der Waals surface area contributed by atoms with Crippen molar-refractivity contribution in [3.63, 3.8) is 0 Å². The van der Waals surface area contributed by atoms with Gasteiger partial charge in [0.1, 0.15) is 11.3 Å². The van der Waals surface area contributed by atoms with Crippen molar-refractivity contribution in [1.29, 1.82) is 0 Å². The summed E-state index contributed by atoms with van der Waals surface area (Å²) >= 11 is 0. The molecule has 0 spiro atoms. The van der Waals surface area contributed by atoms with Crippen molar-refractivity contribution >= 4 is 28.4 Å². The number of ether oxygens (including phenoxy) is 1. The van der Waals surface area contributed by atoms with Crippen LogP contribution in [-0.2, 0) is 0 Å². The second-order valence-corrected chi connectivity index (χ2v) is 7.79. The van der Waals surface area contributed by atoms with E-state index in [0.717, 1.165) is 57.4 Å². The molecule has 0 unspecified atom stereocenters. The molecule has 1 aliphatic carbocycles. The Morgan fingerprint density at radius 1 is 1.16 bits per heavy atom. The van der Waals surface area contributed by atoms with E-state index in [1.165, 1.54) is 12.8 Å². The minimum absolute atomic E-state index is 0.503. The molecule has 8 nitrogen and oxygen atoms in total. The van der Waals surface area contributed by atoms with E-state index in [4.69, 9.17) is 9.72 Å². The molecule has 3 heterocycles. The van der Waals surface area contributed by atoms with Crippen LogP contribution >= 0.6 is 0 Å². The van der Waals surface area contributed by atoms with Crippen LogP contribution in [0.1, 0.15) is 25.5 Å². The second-order valence-electron chi connectivity index (χ2n) is 7.79. The third-order valence-electron chi connectivity index (χ3n) is 5.42. The number of aromatic nitrogens is 5. The Morgan fingerprint density at radius 2 is 2.06 bits per heavy atom. The number of rotatable bonds is 8. The van der Waals surface area contributed by atoms with Gasteiger partial charge in [-0.25, -0.2) is 15.0 Å². The molecule has 3 aromatic heterocycles. The monoisotopic (exact) mass is 415 g/mol. The molecule has 158 valence electrons. The third kappa shape index (κ3) is 4.14. The van der Waals surface area contributed by atoms with Crippen LogP contribution in [0.5, 0.6) is 5.75 Å². The first-order valence-electron chi connectivity index (χ1n) is 10.6. The lowest BCUT2D eigenvalue weighted by atomic mass is 10.1. The highest BCUT2D eigenvalue weighted by Gasteiger charge is 2.21. The zero-order chi connectivity index (χ0) is 21.2. The molecule has 0 radical (unpaired) electrons. The number of nitrogens with zero attached hydrogens (tertiary/aromatic N) is 4. The summed E-state index contributed by atoms with van der Waals surface area (Å²) in [6, 6.07) is 7.95. The van der Waals surface area contributed by atoms with Crippen LogP contribution in [0.15, 0.2) is 42.9 Å². The van der Waals surface area contributed by atoms with Gasteiger partial charge >= 0.3 is 0 Å². The van der Waals surface area contributed by atoms with Crippen molar-refractivity contribution in [2.45, 2.75) is 26.7 Å². The van der Waals surface area contributed by atoms with E-state index in [0.29, 0.717) is 12.6 Å². The molecule has 0 amide bonds. The van der Waals surface area contributed by atoms with Crippen LogP contribution in [0.3, 0.4) is 0 Å². The highest BCUT2D eigenvalue weighted by Crippen LogP contribution is 2.34. The molecule has 3 N–H and O–H groups in total. The zero-order valence-electron chi connectivity index (χ0n) is 17.6. The van der Waals surface area contributed by atoms with Crippen LogP contribution in [0.25, 0.3) is 22.0 Å². The maximum atomic E-state index is 5.90. The van der Waals surface area contributed by atoms with Crippen LogP contribution in [0, 0.1) is 12.8 Å². The Hall–Kier alpha value is -3.68. The zero-order valence-corrected chi connectivity index (χ0v) is 17.6. The lowest BCUT2D eigenvalue weighted by molar-refractivity contribution is 0.342. The molecule has 1 aromatic carbocycles. The molecule has 0 atom stereocenters. The summed E-state index contributed by atoms with van der Waals surface area (Å²) in [7, 11) is 0. The standard InChI is InChI=1S/C23H25N7O/c1-3-31-20-10-16(18-13-27-30-14(18)2)6-7-19(20)28-23-26-12-17-8-9-24-22(21(17)29-23)25-11-15-4-5-15/h6-10,12-13,15H,3-5,11H2,1-2H3,(H,24,25)(H,27,30)(H,26,28,29). The van der Waals surface area contributed by atoms with Crippen molar-refractivity contribution in [3.05, 3.63) is 48.5 Å². The fourth-order valence-corrected chi connectivity index (χ4v) is 3.54. The van der Waals surface area contributed by atoms with Crippen LogP contribution < -0.4 is 15.4 Å². The fraction of sp³-hybridized carbons (Fsp3) is 0.304. The number of pyridine rings is 1. The number of hydrogen-bond donors (Lipinski definition) is 3. The Labute approximate surface area is 180 Å². The topological polar surface area (TPSA) is 101 Å². The van der Waals surface area contributed by atoms with Gasteiger partial charge in [-0.1, -0.05) is 6.07 Å². The molecular weight excluding hydrogens is 390 g/mol. The number of aromatic amines is 1. The smallest absolute Gasteiger partial charge is 0.227 e. The molecule has 5 rings (SSSR count). The van der Waals surface area contributed by atoms with Crippen LogP contribution in [0.4, 0.5) is 17.5 Å². The number of H-pyrrole nitrogens is 1. The van der Waals surface area contributed by atoms with Crippen LogP contribution in [0.2, 0.25) is 0 Å². The Morgan fingerprint density at radius 3 is 2.84 bits per heavy atom. The lowest BCUT2D eigenvalue weighted by Gasteiger charge is -2.14. The molecule has 0 saturated heterocycles. The normalized spacial score (nSPS) is 13.4. The van der Waals surface area contributed by atoms with Crippen LogP contribution in [-0.4, -0.2) is 38.3 Å². The molecule has 1 saturated carbocycles. The van der Waals surface area contributed by atoms with Gasteiger partial charge in [0.2, 0.25) is 5.95 Å². The predicted molar refractivity (Wildman–Crippen MR) is 122 cm³/mol. The van der Waals surface area contributed by atoms with E-state index >= 15 is 0 Å². The van der Waals surface area contributed by atoms with E-state index < -0.39 is 0 Å². The summed E-state index contributed by atoms with van der Waals surface area (Å²) in [6.45, 7) is 5.46. The average Bonchev–Trinajstić information content (AvgIpc) is 3.52. The first kappa shape index (κ1) is 19.3. The molecule has 0 bridgehead atoms. The van der Waals surface area contributed by atoms with Gasteiger partial charge in [-0.05, 0) is 56.4 Å². The summed E-state index contributed by atoms with van der Waals surface area (Å²) in [5.41, 5.74) is 4.72. The van der Waals surface area contributed by atoms with Crippen molar-refractivity contribution < 1.29 is 4.74 Å². The van der Waals surface area contributed by atoms with Crippen molar-refractivity contribution in [2.24, 2.45) is 5.92 Å². The minimum Gasteiger partial charge on any atom is -0.492 e. The van der Waals surface area contributed by atoms with E-state index in [1.54, 1.807) is 6.20 Å². The van der Waals surface area contributed by atoms with Gasteiger partial charge in [0, 0.05) is 35.6 Å². The highest BCUT2D eigenvalue weighted by molar-refractivity contribution is 5.88. The highest BCUT2D eigenvalue weighted by atomic mass is 16.5. The van der Waals surface area contributed by atoms with Crippen molar-refractivity contribution in [1.82, 2.24) is 25.1 Å². The summed E-state index contributed by atoms with van der Waals surface area (Å²) in [5.74, 6) is 2.79. The van der Waals surface area contributed by atoms with Gasteiger partial charge in [0.15, 0.2) is 5.82 Å². The van der Waals surface area contributed by atoms with Gasteiger partial charge in [0.05, 0.1) is 18.5 Å². The quantitative estimate of drug-likeness (QED) is 0.384. The first-order chi connectivity index (χ1) is 15.2. The van der Waals surface area contributed by atoms with Gasteiger partial charge in [0.25, 0.3) is 0 Å². The van der Waals surface area contributed by atoms with E-state index in [-0.39, 0.29) is 0 Å². The van der Waals surface area contributed by atoms with Crippen molar-refractivity contribution in [3.8, 4) is 16.9 Å². The van der Waals surface area contributed by atoms with Gasteiger partial charge in [-0.2, -0.15) is 5.10 Å². The maximum Gasteiger partial charge on any atom is 0.227 e. The summed E-state index contributed by atoms with van der Waals surface area (Å²) < 4.78 is 5.90. The number of benzene rings is 1. The molecule has 8 heteroatoms. The maximum absolute atomic E-state index is 5.90. The molecule has 1 aliphatic rings. The number of hydrogen-bond acceptors (Lipinski definition) is 7.